The van der Waals surface area contributed by atoms with Crippen LogP contribution in [-0.2, 0) is 4.79 Å². The van der Waals surface area contributed by atoms with Crippen LogP contribution < -0.4 is 4.90 Å². The zero-order valence-electron chi connectivity index (χ0n) is 18.6. The first kappa shape index (κ1) is 20.4. The number of anilines is 1. The summed E-state index contributed by atoms with van der Waals surface area (Å²) in [6.07, 6.45) is 8.40. The third kappa shape index (κ3) is 3.55. The normalized spacial score (nSPS) is 16.4. The molecule has 0 spiro atoms. The molecule has 5 rings (SSSR count). The average Bonchev–Trinajstić information content (AvgIpc) is 3.53. The second-order valence-corrected chi connectivity index (χ2v) is 8.71. The van der Waals surface area contributed by atoms with E-state index < -0.39 is 0 Å². The van der Waals surface area contributed by atoms with Crippen LogP contribution in [0.4, 0.5) is 5.82 Å². The molecule has 0 aliphatic carbocycles. The van der Waals surface area contributed by atoms with Gasteiger partial charge in [0.1, 0.15) is 17.5 Å². The highest BCUT2D eigenvalue weighted by molar-refractivity contribution is 5.83. The number of nitrogens with zero attached hydrogens (tertiary/aromatic N) is 7. The van der Waals surface area contributed by atoms with Crippen LogP contribution >= 0.6 is 0 Å². The second-order valence-electron chi connectivity index (χ2n) is 8.71. The van der Waals surface area contributed by atoms with Crippen molar-refractivity contribution < 1.29 is 4.79 Å². The smallest absolute Gasteiger partial charge is 0.200 e. The number of carbonyl (C=O) groups is 1. The Morgan fingerprint density at radius 2 is 2.06 bits per heavy atom. The molecule has 32 heavy (non-hydrogen) atoms. The Balaban J connectivity index is 1.67. The van der Waals surface area contributed by atoms with Gasteiger partial charge in [0, 0.05) is 49.7 Å². The zero-order chi connectivity index (χ0) is 22.2. The number of aryl methyl sites for hydroxylation is 1. The van der Waals surface area contributed by atoms with E-state index in [1.807, 2.05) is 45.9 Å². The molecule has 4 aromatic heterocycles. The summed E-state index contributed by atoms with van der Waals surface area (Å²) < 4.78 is 3.88. The Labute approximate surface area is 186 Å². The van der Waals surface area contributed by atoms with Crippen molar-refractivity contribution in [3.8, 4) is 22.8 Å². The van der Waals surface area contributed by atoms with Gasteiger partial charge < -0.3 is 9.69 Å². The molecule has 0 N–H and O–H groups in total. The lowest BCUT2D eigenvalue weighted by Crippen LogP contribution is -2.22. The van der Waals surface area contributed by atoms with Crippen LogP contribution in [0.3, 0.4) is 0 Å². The van der Waals surface area contributed by atoms with Crippen LogP contribution in [-0.4, -0.2) is 48.7 Å². The molecule has 8 nitrogen and oxygen atoms in total. The third-order valence-corrected chi connectivity index (χ3v) is 6.19. The minimum absolute atomic E-state index is 0.298. The van der Waals surface area contributed by atoms with Gasteiger partial charge in [0.05, 0.1) is 5.69 Å². The van der Waals surface area contributed by atoms with E-state index in [9.17, 15) is 4.79 Å². The van der Waals surface area contributed by atoms with Crippen molar-refractivity contribution in [2.24, 2.45) is 5.92 Å². The summed E-state index contributed by atoms with van der Waals surface area (Å²) in [6, 6.07) is 8.09. The Morgan fingerprint density at radius 3 is 2.78 bits per heavy atom. The minimum Gasteiger partial charge on any atom is -0.354 e. The van der Waals surface area contributed by atoms with E-state index in [1.54, 1.807) is 6.20 Å². The quantitative estimate of drug-likeness (QED) is 0.432. The molecule has 1 atom stereocenters. The highest BCUT2D eigenvalue weighted by Crippen LogP contribution is 2.35. The highest BCUT2D eigenvalue weighted by atomic mass is 16.1. The van der Waals surface area contributed by atoms with E-state index >= 15 is 0 Å². The van der Waals surface area contributed by atoms with Gasteiger partial charge in [-0.15, -0.1) is 5.10 Å². The standard InChI is InChI=1S/C24H27N7O/c1-16(2)30-12-8-20(27-30)19-15-31-22(17(19)3)24(29-11-7-18(14-29)9-13-32)26-23(28-31)21-6-4-5-10-25-21/h4-6,8,10,12-13,15-16,18H,7,9,11,14H2,1-3H3. The number of carbonyl (C=O) groups excluding carboxylic acids is 1. The van der Waals surface area contributed by atoms with Gasteiger partial charge in [0.25, 0.3) is 0 Å². The van der Waals surface area contributed by atoms with Crippen LogP contribution in [0.15, 0.2) is 42.9 Å². The summed E-state index contributed by atoms with van der Waals surface area (Å²) in [6.45, 7) is 8.02. The average molecular weight is 430 g/mol. The SMILES string of the molecule is Cc1c(-c2ccn(C(C)C)n2)cn2nc(-c3ccccn3)nc(N3CCC(CC=O)C3)c12. The van der Waals surface area contributed by atoms with Crippen LogP contribution in [0.1, 0.15) is 38.3 Å². The van der Waals surface area contributed by atoms with Crippen molar-refractivity contribution in [1.82, 2.24) is 29.4 Å². The molecule has 4 aromatic rings. The maximum Gasteiger partial charge on any atom is 0.200 e. The van der Waals surface area contributed by atoms with Gasteiger partial charge in [-0.2, -0.15) is 5.10 Å². The first-order chi connectivity index (χ1) is 15.5. The lowest BCUT2D eigenvalue weighted by atomic mass is 10.1. The Kier molecular flexibility index (Phi) is 5.20. The molecule has 0 radical (unpaired) electrons. The van der Waals surface area contributed by atoms with Crippen molar-refractivity contribution in [2.45, 2.75) is 39.7 Å². The Hall–Kier alpha value is -3.55. The van der Waals surface area contributed by atoms with E-state index in [1.165, 1.54) is 0 Å². The number of rotatable bonds is 6. The number of aromatic nitrogens is 6. The highest BCUT2D eigenvalue weighted by Gasteiger charge is 2.27. The molecule has 0 amide bonds. The molecule has 8 heteroatoms. The molecule has 1 aliphatic heterocycles. The maximum absolute atomic E-state index is 11.1. The Morgan fingerprint density at radius 1 is 1.19 bits per heavy atom. The first-order valence-corrected chi connectivity index (χ1v) is 11.1. The molecule has 1 saturated heterocycles. The molecule has 0 bridgehead atoms. The lowest BCUT2D eigenvalue weighted by molar-refractivity contribution is -0.108. The summed E-state index contributed by atoms with van der Waals surface area (Å²) in [5.41, 5.74) is 4.77. The van der Waals surface area contributed by atoms with E-state index in [2.05, 4.69) is 30.7 Å². The van der Waals surface area contributed by atoms with Crippen molar-refractivity contribution in [3.05, 3.63) is 48.4 Å². The monoisotopic (exact) mass is 429 g/mol. The van der Waals surface area contributed by atoms with Gasteiger partial charge in [-0.3, -0.25) is 9.67 Å². The maximum atomic E-state index is 11.1. The summed E-state index contributed by atoms with van der Waals surface area (Å²) in [5.74, 6) is 1.83. The number of hydrogen-bond acceptors (Lipinski definition) is 6. The fourth-order valence-corrected chi connectivity index (χ4v) is 4.41. The van der Waals surface area contributed by atoms with Gasteiger partial charge in [-0.05, 0) is 56.9 Å². The second kappa shape index (κ2) is 8.18. The largest absolute Gasteiger partial charge is 0.354 e. The first-order valence-electron chi connectivity index (χ1n) is 11.1. The van der Waals surface area contributed by atoms with E-state index in [4.69, 9.17) is 15.2 Å². The van der Waals surface area contributed by atoms with Crippen LogP contribution in [0.2, 0.25) is 0 Å². The van der Waals surface area contributed by atoms with Crippen LogP contribution in [0, 0.1) is 12.8 Å². The van der Waals surface area contributed by atoms with Gasteiger partial charge in [-0.25, -0.2) is 9.50 Å². The molecule has 0 saturated carbocycles. The summed E-state index contributed by atoms with van der Waals surface area (Å²) in [7, 11) is 0. The molecule has 164 valence electrons. The fraction of sp³-hybridized carbons (Fsp3) is 0.375. The van der Waals surface area contributed by atoms with Gasteiger partial charge in [0.15, 0.2) is 5.82 Å². The predicted octanol–water partition coefficient (Wildman–Crippen LogP) is 3.96. The Bertz CT molecular complexity index is 1260. The molecular weight excluding hydrogens is 402 g/mol. The minimum atomic E-state index is 0.298. The summed E-state index contributed by atoms with van der Waals surface area (Å²) >= 11 is 0. The summed E-state index contributed by atoms with van der Waals surface area (Å²) in [5, 5.41) is 9.58. The van der Waals surface area contributed by atoms with Crippen LogP contribution in [0.25, 0.3) is 28.3 Å². The fourth-order valence-electron chi connectivity index (χ4n) is 4.41. The molecule has 0 aromatic carbocycles. The van der Waals surface area contributed by atoms with Crippen molar-refractivity contribution in [1.29, 1.82) is 0 Å². The molecular formula is C24H27N7O. The molecule has 1 fully saturated rings. The van der Waals surface area contributed by atoms with E-state index in [-0.39, 0.29) is 0 Å². The van der Waals surface area contributed by atoms with Gasteiger partial charge in [-0.1, -0.05) is 6.07 Å². The van der Waals surface area contributed by atoms with Crippen molar-refractivity contribution in [2.75, 3.05) is 18.0 Å². The van der Waals surface area contributed by atoms with Gasteiger partial charge in [0.2, 0.25) is 5.82 Å². The summed E-state index contributed by atoms with van der Waals surface area (Å²) in [4.78, 5) is 22.8. The lowest BCUT2D eigenvalue weighted by Gasteiger charge is -2.19. The number of aldehydes is 1. The number of hydrogen-bond donors (Lipinski definition) is 0. The predicted molar refractivity (Wildman–Crippen MR) is 124 cm³/mol. The van der Waals surface area contributed by atoms with Crippen molar-refractivity contribution in [3.63, 3.8) is 0 Å². The number of pyridine rings is 1. The van der Waals surface area contributed by atoms with Gasteiger partial charge >= 0.3 is 0 Å². The van der Waals surface area contributed by atoms with Crippen LogP contribution in [0.5, 0.6) is 0 Å². The zero-order valence-corrected chi connectivity index (χ0v) is 18.6. The van der Waals surface area contributed by atoms with E-state index in [0.717, 1.165) is 59.6 Å². The van der Waals surface area contributed by atoms with E-state index in [0.29, 0.717) is 24.2 Å². The molecule has 5 heterocycles. The topological polar surface area (TPSA) is 81.2 Å². The molecule has 1 aliphatic rings. The molecule has 1 unspecified atom stereocenters. The third-order valence-electron chi connectivity index (χ3n) is 6.19. The van der Waals surface area contributed by atoms with Crippen molar-refractivity contribution >= 4 is 17.6 Å². The number of fused-ring (bicyclic) bond motifs is 1.